The van der Waals surface area contributed by atoms with Gasteiger partial charge in [-0.05, 0) is 6.42 Å². The van der Waals surface area contributed by atoms with E-state index in [-0.39, 0.29) is 5.41 Å². The predicted molar refractivity (Wildman–Crippen MR) is 122 cm³/mol. The lowest BCUT2D eigenvalue weighted by Crippen LogP contribution is -2.29. The first-order valence-corrected chi connectivity index (χ1v) is 12.9. The van der Waals surface area contributed by atoms with Gasteiger partial charge in [0.25, 0.3) is 0 Å². The summed E-state index contributed by atoms with van der Waals surface area (Å²) in [5, 5.41) is 4.01. The molecule has 3 aliphatic rings. The summed E-state index contributed by atoms with van der Waals surface area (Å²) < 4.78 is 36.4. The fourth-order valence-corrected chi connectivity index (χ4v) is 7.07. The highest BCUT2D eigenvalue weighted by Crippen LogP contribution is 2.61. The molecule has 0 amide bonds. The van der Waals surface area contributed by atoms with Crippen LogP contribution in [-0.2, 0) is 0 Å². The van der Waals surface area contributed by atoms with Crippen LogP contribution in [-0.4, -0.2) is 39.6 Å². The minimum absolute atomic E-state index is 0.0474. The van der Waals surface area contributed by atoms with E-state index in [4.69, 9.17) is 28.4 Å². The van der Waals surface area contributed by atoms with Gasteiger partial charge in [0, 0.05) is 16.2 Å². The first-order valence-electron chi connectivity index (χ1n) is 10.3. The molecule has 0 atom stereocenters. The molecular formula is C22H22O6S3. The quantitative estimate of drug-likeness (QED) is 0.465. The van der Waals surface area contributed by atoms with E-state index in [1.807, 2.05) is 10.8 Å². The average Bonchev–Trinajstić information content (AvgIpc) is 3.48. The second-order valence-electron chi connectivity index (χ2n) is 8.07. The van der Waals surface area contributed by atoms with Crippen LogP contribution in [0.4, 0.5) is 0 Å². The molecule has 0 saturated carbocycles. The van der Waals surface area contributed by atoms with Gasteiger partial charge in [-0.1, -0.05) is 13.8 Å². The highest BCUT2D eigenvalue weighted by atomic mass is 32.1. The first kappa shape index (κ1) is 19.6. The van der Waals surface area contributed by atoms with E-state index in [9.17, 15) is 0 Å². The molecule has 164 valence electrons. The van der Waals surface area contributed by atoms with Crippen molar-refractivity contribution in [2.75, 3.05) is 39.6 Å². The summed E-state index contributed by atoms with van der Waals surface area (Å²) in [7, 11) is 0. The SMILES string of the molecule is CCC1(C)COc2c(-c3scc4c3OCCO4)sc(-c3scc4c3OCCO4)c2OC1. The molecule has 3 aromatic rings. The molecule has 3 aromatic heterocycles. The summed E-state index contributed by atoms with van der Waals surface area (Å²) in [6.45, 7) is 7.83. The third kappa shape index (κ3) is 3.16. The van der Waals surface area contributed by atoms with Gasteiger partial charge < -0.3 is 28.4 Å². The zero-order chi connectivity index (χ0) is 21.0. The first-order chi connectivity index (χ1) is 15.2. The van der Waals surface area contributed by atoms with E-state index in [0.717, 1.165) is 60.4 Å². The highest BCUT2D eigenvalue weighted by Gasteiger charge is 2.37. The number of thiophene rings is 3. The molecule has 6 rings (SSSR count). The van der Waals surface area contributed by atoms with Crippen LogP contribution in [0.3, 0.4) is 0 Å². The van der Waals surface area contributed by atoms with Gasteiger partial charge in [-0.15, -0.1) is 34.0 Å². The molecule has 0 N–H and O–H groups in total. The molecule has 0 fully saturated rings. The standard InChI is InChI=1S/C22H22O6S3/c1-3-22(2)10-27-16-17(28-11-22)21(19-15-13(9-30-19)24-5-7-26-15)31-20(16)18-14-12(8-29-18)23-4-6-25-14/h8-9H,3-7,10-11H2,1-2H3. The van der Waals surface area contributed by atoms with Crippen molar-refractivity contribution in [3.8, 4) is 54.0 Å². The number of ether oxygens (including phenoxy) is 6. The third-order valence-electron chi connectivity index (χ3n) is 5.82. The topological polar surface area (TPSA) is 55.4 Å². The van der Waals surface area contributed by atoms with Crippen LogP contribution in [0.2, 0.25) is 0 Å². The van der Waals surface area contributed by atoms with E-state index in [0.29, 0.717) is 39.6 Å². The molecule has 0 bridgehead atoms. The van der Waals surface area contributed by atoms with Crippen molar-refractivity contribution in [1.82, 2.24) is 0 Å². The molecule has 9 heteroatoms. The summed E-state index contributed by atoms with van der Waals surface area (Å²) in [6, 6.07) is 0. The number of hydrogen-bond acceptors (Lipinski definition) is 9. The van der Waals surface area contributed by atoms with Gasteiger partial charge in [0.2, 0.25) is 0 Å². The third-order valence-corrected chi connectivity index (χ3v) is 9.18. The molecule has 6 heterocycles. The van der Waals surface area contributed by atoms with Crippen molar-refractivity contribution in [1.29, 1.82) is 0 Å². The van der Waals surface area contributed by atoms with Crippen molar-refractivity contribution in [2.24, 2.45) is 5.41 Å². The number of rotatable bonds is 3. The molecule has 0 unspecified atom stereocenters. The van der Waals surface area contributed by atoms with Crippen LogP contribution in [0.15, 0.2) is 10.8 Å². The van der Waals surface area contributed by atoms with E-state index >= 15 is 0 Å². The zero-order valence-corrected chi connectivity index (χ0v) is 19.7. The van der Waals surface area contributed by atoms with E-state index < -0.39 is 0 Å². The lowest BCUT2D eigenvalue weighted by Gasteiger charge is -2.24. The largest absolute Gasteiger partial charge is 0.487 e. The normalized spacial score (nSPS) is 18.5. The smallest absolute Gasteiger partial charge is 0.181 e. The second-order valence-corrected chi connectivity index (χ2v) is 10.9. The maximum Gasteiger partial charge on any atom is 0.181 e. The van der Waals surface area contributed by atoms with Gasteiger partial charge in [0.1, 0.15) is 26.4 Å². The average molecular weight is 479 g/mol. The van der Waals surface area contributed by atoms with Gasteiger partial charge in [0.15, 0.2) is 34.5 Å². The van der Waals surface area contributed by atoms with Crippen molar-refractivity contribution >= 4 is 34.0 Å². The Morgan fingerprint density at radius 3 is 1.65 bits per heavy atom. The van der Waals surface area contributed by atoms with E-state index in [1.54, 1.807) is 34.0 Å². The minimum Gasteiger partial charge on any atom is -0.487 e. The lowest BCUT2D eigenvalue weighted by molar-refractivity contribution is 0.118. The molecule has 6 nitrogen and oxygen atoms in total. The van der Waals surface area contributed by atoms with Crippen LogP contribution in [0, 0.1) is 5.41 Å². The Bertz CT molecular complexity index is 1050. The zero-order valence-electron chi connectivity index (χ0n) is 17.3. The maximum atomic E-state index is 6.45. The number of hydrogen-bond donors (Lipinski definition) is 0. The summed E-state index contributed by atoms with van der Waals surface area (Å²) in [5.74, 6) is 4.77. The van der Waals surface area contributed by atoms with Crippen molar-refractivity contribution < 1.29 is 28.4 Å². The Morgan fingerprint density at radius 1 is 0.677 bits per heavy atom. The molecule has 0 radical (unpaired) electrons. The van der Waals surface area contributed by atoms with Crippen molar-refractivity contribution in [2.45, 2.75) is 20.3 Å². The van der Waals surface area contributed by atoms with Gasteiger partial charge in [0.05, 0.1) is 32.7 Å². The maximum absolute atomic E-state index is 6.45. The van der Waals surface area contributed by atoms with Crippen LogP contribution in [0.5, 0.6) is 34.5 Å². The molecule has 3 aliphatic heterocycles. The summed E-state index contributed by atoms with van der Waals surface area (Å²) in [6.07, 6.45) is 0.974. The molecule has 0 aromatic carbocycles. The predicted octanol–water partition coefficient (Wildman–Crippen LogP) is 5.94. The minimum atomic E-state index is -0.0474. The Labute approximate surface area is 192 Å². The Balaban J connectivity index is 1.52. The van der Waals surface area contributed by atoms with E-state index in [1.165, 1.54) is 0 Å². The summed E-state index contributed by atoms with van der Waals surface area (Å²) in [5.41, 5.74) is -0.0474. The highest BCUT2D eigenvalue weighted by molar-refractivity contribution is 7.27. The summed E-state index contributed by atoms with van der Waals surface area (Å²) >= 11 is 4.88. The van der Waals surface area contributed by atoms with Crippen LogP contribution >= 0.6 is 34.0 Å². The van der Waals surface area contributed by atoms with Gasteiger partial charge >= 0.3 is 0 Å². The fourth-order valence-electron chi connectivity index (χ4n) is 3.74. The number of fused-ring (bicyclic) bond motifs is 3. The van der Waals surface area contributed by atoms with Crippen LogP contribution < -0.4 is 28.4 Å². The van der Waals surface area contributed by atoms with Crippen LogP contribution in [0.25, 0.3) is 19.5 Å². The molecule has 0 saturated heterocycles. The van der Waals surface area contributed by atoms with Crippen molar-refractivity contribution in [3.63, 3.8) is 0 Å². The molecule has 0 spiro atoms. The van der Waals surface area contributed by atoms with Gasteiger partial charge in [-0.25, -0.2) is 0 Å². The Hall–Kier alpha value is -2.10. The van der Waals surface area contributed by atoms with Crippen molar-refractivity contribution in [3.05, 3.63) is 10.8 Å². The van der Waals surface area contributed by atoms with Gasteiger partial charge in [-0.2, -0.15) is 0 Å². The molecule has 0 aliphatic carbocycles. The lowest BCUT2D eigenvalue weighted by atomic mass is 9.90. The molecular weight excluding hydrogens is 456 g/mol. The second kappa shape index (κ2) is 7.50. The summed E-state index contributed by atoms with van der Waals surface area (Å²) in [4.78, 5) is 4.07. The fraction of sp³-hybridized carbons (Fsp3) is 0.455. The van der Waals surface area contributed by atoms with Crippen LogP contribution in [0.1, 0.15) is 20.3 Å². The Kier molecular flexibility index (Phi) is 4.73. The monoisotopic (exact) mass is 478 g/mol. The molecule has 31 heavy (non-hydrogen) atoms. The Morgan fingerprint density at radius 2 is 1.16 bits per heavy atom. The van der Waals surface area contributed by atoms with Gasteiger partial charge in [-0.3, -0.25) is 0 Å². The van der Waals surface area contributed by atoms with E-state index in [2.05, 4.69) is 13.8 Å².